The Morgan fingerprint density at radius 3 is 2.62 bits per heavy atom. The normalized spacial score (nSPS) is 23.5. The summed E-state index contributed by atoms with van der Waals surface area (Å²) in [5.41, 5.74) is 1.74. The van der Waals surface area contributed by atoms with Crippen LogP contribution in [0.4, 0.5) is 5.69 Å². The molecule has 0 radical (unpaired) electrons. The van der Waals surface area contributed by atoms with Crippen molar-refractivity contribution in [2.45, 2.75) is 37.8 Å². The summed E-state index contributed by atoms with van der Waals surface area (Å²) < 4.78 is 10.7. The fourth-order valence-corrected chi connectivity index (χ4v) is 3.45. The first-order chi connectivity index (χ1) is 12.6. The van der Waals surface area contributed by atoms with Crippen LogP contribution in [0.2, 0.25) is 0 Å². The van der Waals surface area contributed by atoms with Crippen LogP contribution >= 0.6 is 0 Å². The van der Waals surface area contributed by atoms with Gasteiger partial charge in [0.05, 0.1) is 12.6 Å². The number of amides is 1. The highest BCUT2D eigenvalue weighted by atomic mass is 16.5. The van der Waals surface area contributed by atoms with Crippen molar-refractivity contribution in [3.8, 4) is 0 Å². The van der Waals surface area contributed by atoms with Crippen molar-refractivity contribution >= 4 is 17.6 Å². The molecule has 2 saturated heterocycles. The number of benzene rings is 1. The lowest BCUT2D eigenvalue weighted by molar-refractivity contribution is -0.148. The molecule has 0 saturated carbocycles. The standard InChI is InChI=1S/C19H26N2O5/c22-18(23)13-26-17-12-25-11-8-16(17)20-19(24)14-4-6-15(7-5-14)21-9-2-1-3-10-21/h4-7,16-17H,1-3,8-13H2,(H,20,24)(H,22,23)/t16-,17-/m1/s1. The van der Waals surface area contributed by atoms with Crippen molar-refractivity contribution in [3.63, 3.8) is 0 Å². The highest BCUT2D eigenvalue weighted by Crippen LogP contribution is 2.20. The molecule has 2 atom stereocenters. The molecule has 0 aromatic heterocycles. The molecule has 0 unspecified atom stereocenters. The Hall–Kier alpha value is -2.12. The van der Waals surface area contributed by atoms with Crippen LogP contribution in [0, 0.1) is 0 Å². The van der Waals surface area contributed by atoms with Crippen LogP contribution in [0.1, 0.15) is 36.0 Å². The Balaban J connectivity index is 1.58. The zero-order chi connectivity index (χ0) is 18.4. The highest BCUT2D eigenvalue weighted by molar-refractivity contribution is 5.94. The molecular weight excluding hydrogens is 336 g/mol. The van der Waals surface area contributed by atoms with Gasteiger partial charge in [0.25, 0.3) is 5.91 Å². The van der Waals surface area contributed by atoms with E-state index in [1.54, 1.807) is 0 Å². The SMILES string of the molecule is O=C(O)CO[C@@H]1COCC[C@H]1NC(=O)c1ccc(N2CCCCC2)cc1. The van der Waals surface area contributed by atoms with Crippen LogP contribution in [0.25, 0.3) is 0 Å². The number of carbonyl (C=O) groups is 2. The van der Waals surface area contributed by atoms with Gasteiger partial charge < -0.3 is 24.8 Å². The largest absolute Gasteiger partial charge is 0.480 e. The predicted octanol–water partition coefficient (Wildman–Crippen LogP) is 1.67. The number of carboxylic acids is 1. The van der Waals surface area contributed by atoms with E-state index in [4.69, 9.17) is 14.6 Å². The third-order valence-corrected chi connectivity index (χ3v) is 4.89. The second-order valence-electron chi connectivity index (χ2n) is 6.78. The minimum Gasteiger partial charge on any atom is -0.480 e. The zero-order valence-corrected chi connectivity index (χ0v) is 14.9. The predicted molar refractivity (Wildman–Crippen MR) is 96.6 cm³/mol. The molecule has 3 rings (SSSR count). The Labute approximate surface area is 153 Å². The average molecular weight is 362 g/mol. The van der Waals surface area contributed by atoms with E-state index in [1.165, 1.54) is 19.3 Å². The van der Waals surface area contributed by atoms with Gasteiger partial charge in [-0.1, -0.05) is 0 Å². The summed E-state index contributed by atoms with van der Waals surface area (Å²) in [5, 5.41) is 11.7. The fourth-order valence-electron chi connectivity index (χ4n) is 3.45. The first-order valence-corrected chi connectivity index (χ1v) is 9.20. The molecular formula is C19H26N2O5. The molecule has 142 valence electrons. The molecule has 2 N–H and O–H groups in total. The van der Waals surface area contributed by atoms with Gasteiger partial charge in [0.2, 0.25) is 0 Å². The Kier molecular flexibility index (Phi) is 6.46. The van der Waals surface area contributed by atoms with Gasteiger partial charge in [0.1, 0.15) is 12.7 Å². The van der Waals surface area contributed by atoms with Crippen molar-refractivity contribution in [3.05, 3.63) is 29.8 Å². The van der Waals surface area contributed by atoms with Gasteiger partial charge in [-0.25, -0.2) is 4.79 Å². The summed E-state index contributed by atoms with van der Waals surface area (Å²) >= 11 is 0. The second kappa shape index (κ2) is 9.00. The van der Waals surface area contributed by atoms with Gasteiger partial charge in [0.15, 0.2) is 0 Å². The van der Waals surface area contributed by atoms with E-state index in [0.717, 1.165) is 18.8 Å². The maximum absolute atomic E-state index is 12.5. The zero-order valence-electron chi connectivity index (χ0n) is 14.9. The summed E-state index contributed by atoms with van der Waals surface area (Å²) in [4.78, 5) is 25.6. The molecule has 1 amide bonds. The lowest BCUT2D eigenvalue weighted by Gasteiger charge is -2.31. The van der Waals surface area contributed by atoms with Crippen LogP contribution < -0.4 is 10.2 Å². The number of nitrogens with one attached hydrogen (secondary N) is 1. The number of carbonyl (C=O) groups excluding carboxylic acids is 1. The number of ether oxygens (including phenoxy) is 2. The lowest BCUT2D eigenvalue weighted by Crippen LogP contribution is -2.50. The number of carboxylic acid groups (broad SMARTS) is 1. The molecule has 2 aliphatic rings. The van der Waals surface area contributed by atoms with Crippen molar-refractivity contribution in [1.29, 1.82) is 0 Å². The number of nitrogens with zero attached hydrogens (tertiary/aromatic N) is 1. The number of rotatable bonds is 6. The van der Waals surface area contributed by atoms with Gasteiger partial charge in [-0.2, -0.15) is 0 Å². The van der Waals surface area contributed by atoms with E-state index in [2.05, 4.69) is 10.2 Å². The summed E-state index contributed by atoms with van der Waals surface area (Å²) in [6, 6.07) is 7.40. The number of piperidine rings is 1. The van der Waals surface area contributed by atoms with Crippen LogP contribution in [-0.4, -0.2) is 62.0 Å². The number of hydrogen-bond acceptors (Lipinski definition) is 5. The molecule has 0 spiro atoms. The first kappa shape index (κ1) is 18.7. The van der Waals surface area contributed by atoms with Crippen molar-refractivity contribution in [2.24, 2.45) is 0 Å². The van der Waals surface area contributed by atoms with Crippen molar-refractivity contribution in [1.82, 2.24) is 5.32 Å². The molecule has 2 fully saturated rings. The van der Waals surface area contributed by atoms with Crippen LogP contribution in [0.3, 0.4) is 0 Å². The molecule has 7 nitrogen and oxygen atoms in total. The molecule has 1 aromatic rings. The summed E-state index contributed by atoms with van der Waals surface area (Å²) in [7, 11) is 0. The van der Waals surface area contributed by atoms with E-state index in [-0.39, 0.29) is 18.6 Å². The number of aliphatic carboxylic acids is 1. The fraction of sp³-hybridized carbons (Fsp3) is 0.579. The van der Waals surface area contributed by atoms with Gasteiger partial charge in [-0.05, 0) is 49.9 Å². The van der Waals surface area contributed by atoms with Gasteiger partial charge in [0, 0.05) is 30.9 Å². The van der Waals surface area contributed by atoms with E-state index in [0.29, 0.717) is 18.6 Å². The minimum absolute atomic E-state index is 0.175. The van der Waals surface area contributed by atoms with Crippen molar-refractivity contribution in [2.75, 3.05) is 37.8 Å². The topological polar surface area (TPSA) is 88.1 Å². The van der Waals surface area contributed by atoms with E-state index in [9.17, 15) is 9.59 Å². The Bertz CT molecular complexity index is 613. The third kappa shape index (κ3) is 4.95. The van der Waals surface area contributed by atoms with Crippen LogP contribution in [0.15, 0.2) is 24.3 Å². The van der Waals surface area contributed by atoms with Crippen molar-refractivity contribution < 1.29 is 24.2 Å². The first-order valence-electron chi connectivity index (χ1n) is 9.20. The van der Waals surface area contributed by atoms with Crippen LogP contribution in [-0.2, 0) is 14.3 Å². The molecule has 2 heterocycles. The molecule has 0 bridgehead atoms. The van der Waals surface area contributed by atoms with Crippen LogP contribution in [0.5, 0.6) is 0 Å². The summed E-state index contributed by atoms with van der Waals surface area (Å²) in [5.74, 6) is -1.21. The molecule has 7 heteroatoms. The molecule has 2 aliphatic heterocycles. The lowest BCUT2D eigenvalue weighted by atomic mass is 10.0. The smallest absolute Gasteiger partial charge is 0.329 e. The second-order valence-corrected chi connectivity index (χ2v) is 6.78. The molecule has 26 heavy (non-hydrogen) atoms. The summed E-state index contributed by atoms with van der Waals surface area (Å²) in [6.07, 6.45) is 3.86. The maximum atomic E-state index is 12.5. The third-order valence-electron chi connectivity index (χ3n) is 4.89. The average Bonchev–Trinajstić information content (AvgIpc) is 2.68. The van der Waals surface area contributed by atoms with E-state index in [1.807, 2.05) is 24.3 Å². The minimum atomic E-state index is -1.03. The quantitative estimate of drug-likeness (QED) is 0.800. The van der Waals surface area contributed by atoms with E-state index < -0.39 is 18.7 Å². The Morgan fingerprint density at radius 2 is 1.92 bits per heavy atom. The number of hydrogen-bond donors (Lipinski definition) is 2. The van der Waals surface area contributed by atoms with Gasteiger partial charge in [-0.3, -0.25) is 4.79 Å². The maximum Gasteiger partial charge on any atom is 0.329 e. The molecule has 0 aliphatic carbocycles. The van der Waals surface area contributed by atoms with Gasteiger partial charge >= 0.3 is 5.97 Å². The van der Waals surface area contributed by atoms with E-state index >= 15 is 0 Å². The monoisotopic (exact) mass is 362 g/mol. The number of anilines is 1. The Morgan fingerprint density at radius 1 is 1.19 bits per heavy atom. The highest BCUT2D eigenvalue weighted by Gasteiger charge is 2.28. The molecule has 1 aromatic carbocycles. The van der Waals surface area contributed by atoms with Gasteiger partial charge in [-0.15, -0.1) is 0 Å². The summed E-state index contributed by atoms with van der Waals surface area (Å²) in [6.45, 7) is 2.54.